The third-order valence-corrected chi connectivity index (χ3v) is 8.91. The van der Waals surface area contributed by atoms with Gasteiger partial charge in [-0.25, -0.2) is 15.0 Å². The van der Waals surface area contributed by atoms with Crippen LogP contribution in [0.5, 0.6) is 5.88 Å². The minimum Gasteiger partial charge on any atom is -0.481 e. The van der Waals surface area contributed by atoms with Crippen LogP contribution in [0.1, 0.15) is 59.8 Å². The second-order valence-corrected chi connectivity index (χ2v) is 11.2. The van der Waals surface area contributed by atoms with Crippen LogP contribution >= 0.6 is 11.6 Å². The number of halogens is 4. The molecule has 41 heavy (non-hydrogen) atoms. The molecule has 2 N–H and O–H groups in total. The molecule has 0 amide bonds. The zero-order valence-electron chi connectivity index (χ0n) is 23.7. The molecule has 0 radical (unpaired) electrons. The molecule has 8 nitrogen and oxygen atoms in total. The predicted octanol–water partition coefficient (Wildman–Crippen LogP) is 5.48. The van der Waals surface area contributed by atoms with Crippen LogP contribution < -0.4 is 10.1 Å². The number of nitrogens with zero attached hydrogens (tertiary/aromatic N) is 5. The third-order valence-electron chi connectivity index (χ3n) is 8.48. The topological polar surface area (TPSA) is 90.0 Å². The molecule has 3 heterocycles. The van der Waals surface area contributed by atoms with Gasteiger partial charge in [0.1, 0.15) is 11.6 Å². The molecule has 1 aliphatic rings. The van der Waals surface area contributed by atoms with Gasteiger partial charge in [0.2, 0.25) is 5.88 Å². The zero-order valence-corrected chi connectivity index (χ0v) is 24.4. The van der Waals surface area contributed by atoms with Gasteiger partial charge in [0.25, 0.3) is 0 Å². The average molecular weight is 591 g/mol. The molecule has 1 fully saturated rings. The number of methoxy groups -OCH3 is 1. The summed E-state index contributed by atoms with van der Waals surface area (Å²) in [4.78, 5) is 13.5. The van der Waals surface area contributed by atoms with Crippen molar-refractivity contribution in [2.24, 2.45) is 20.0 Å². The fourth-order valence-corrected chi connectivity index (χ4v) is 6.11. The van der Waals surface area contributed by atoms with E-state index in [9.17, 15) is 18.3 Å². The monoisotopic (exact) mass is 590 g/mol. The molecule has 2 atom stereocenters. The molecule has 0 saturated heterocycles. The van der Waals surface area contributed by atoms with Crippen LogP contribution in [0.4, 0.5) is 13.2 Å². The smallest absolute Gasteiger partial charge is 0.391 e. The van der Waals surface area contributed by atoms with Crippen LogP contribution in [-0.2, 0) is 26.2 Å². The highest BCUT2D eigenvalue weighted by molar-refractivity contribution is 6.36. The molecule has 2 unspecified atom stereocenters. The Morgan fingerprint density at radius 1 is 1.07 bits per heavy atom. The van der Waals surface area contributed by atoms with Gasteiger partial charge in [-0.3, -0.25) is 0 Å². The number of imidazole rings is 2. The molecule has 0 spiro atoms. The third kappa shape index (κ3) is 5.19. The zero-order chi connectivity index (χ0) is 29.7. The van der Waals surface area contributed by atoms with Gasteiger partial charge in [-0.05, 0) is 50.8 Å². The molecule has 0 aliphatic heterocycles. The van der Waals surface area contributed by atoms with E-state index < -0.39 is 17.7 Å². The summed E-state index contributed by atoms with van der Waals surface area (Å²) in [6.45, 7) is 3.90. The fraction of sp³-hybridized carbons (Fsp3) is 0.483. The van der Waals surface area contributed by atoms with Crippen molar-refractivity contribution in [1.29, 1.82) is 0 Å². The minimum absolute atomic E-state index is 0.0237. The molecule has 0 bridgehead atoms. The molecular formula is C29H34ClF3N6O2. The minimum atomic E-state index is -4.20. The van der Waals surface area contributed by atoms with Gasteiger partial charge >= 0.3 is 6.18 Å². The van der Waals surface area contributed by atoms with Crippen molar-refractivity contribution in [3.05, 3.63) is 69.8 Å². The number of hydrogen-bond acceptors (Lipinski definition) is 6. The first kappa shape index (κ1) is 29.3. The fourth-order valence-electron chi connectivity index (χ4n) is 5.81. The summed E-state index contributed by atoms with van der Waals surface area (Å²) < 4.78 is 49.3. The Labute approximate surface area is 241 Å². The number of aliphatic hydroxyl groups is 1. The Kier molecular flexibility index (Phi) is 7.82. The first-order valence-corrected chi connectivity index (χ1v) is 13.9. The van der Waals surface area contributed by atoms with Crippen molar-refractivity contribution < 1.29 is 23.0 Å². The molecule has 1 saturated carbocycles. The maximum Gasteiger partial charge on any atom is 0.391 e. The first-order valence-electron chi connectivity index (χ1n) is 13.5. The number of aryl methyl sites for hydroxylation is 2. The van der Waals surface area contributed by atoms with Gasteiger partial charge in [0.15, 0.2) is 5.60 Å². The van der Waals surface area contributed by atoms with E-state index in [1.807, 2.05) is 37.1 Å². The number of hydrogen-bond donors (Lipinski definition) is 2. The molecular weight excluding hydrogens is 557 g/mol. The number of nitrogens with one attached hydrogen (secondary N) is 1. The summed E-state index contributed by atoms with van der Waals surface area (Å²) >= 11 is 6.97. The van der Waals surface area contributed by atoms with E-state index >= 15 is 0 Å². The molecule has 4 aromatic rings. The summed E-state index contributed by atoms with van der Waals surface area (Å²) in [5.74, 6) is 0.441. The number of ether oxygens (including phenoxy) is 1. The Morgan fingerprint density at radius 3 is 2.24 bits per heavy atom. The van der Waals surface area contributed by atoms with Crippen molar-refractivity contribution in [3.8, 4) is 5.88 Å². The SMILES string of the molecule is COc1nc2ccc(C(O)(c3cnc(C)n3C)c3cnc(C)n3C)cc2c(Cl)c1CNC1CCCC(C(F)(F)F)C1. The molecule has 220 valence electrons. The van der Waals surface area contributed by atoms with Gasteiger partial charge in [0, 0.05) is 37.6 Å². The van der Waals surface area contributed by atoms with E-state index in [4.69, 9.17) is 16.3 Å². The van der Waals surface area contributed by atoms with E-state index in [1.54, 1.807) is 30.6 Å². The Bertz CT molecular complexity index is 1530. The Morgan fingerprint density at radius 2 is 1.71 bits per heavy atom. The molecule has 1 aromatic carbocycles. The van der Waals surface area contributed by atoms with Gasteiger partial charge < -0.3 is 24.3 Å². The number of pyridine rings is 1. The highest BCUT2D eigenvalue weighted by atomic mass is 35.5. The van der Waals surface area contributed by atoms with Crippen LogP contribution in [0.2, 0.25) is 5.02 Å². The lowest BCUT2D eigenvalue weighted by molar-refractivity contribution is -0.183. The number of rotatable bonds is 7. The summed E-state index contributed by atoms with van der Waals surface area (Å²) in [6, 6.07) is 5.04. The lowest BCUT2D eigenvalue weighted by atomic mass is 9.85. The molecule has 12 heteroatoms. The Balaban J connectivity index is 1.57. The van der Waals surface area contributed by atoms with Crippen molar-refractivity contribution in [2.45, 2.75) is 63.9 Å². The second-order valence-electron chi connectivity index (χ2n) is 10.8. The largest absolute Gasteiger partial charge is 0.481 e. The van der Waals surface area contributed by atoms with Gasteiger partial charge in [-0.1, -0.05) is 24.1 Å². The van der Waals surface area contributed by atoms with E-state index in [0.717, 1.165) is 11.6 Å². The lowest BCUT2D eigenvalue weighted by Gasteiger charge is -2.31. The van der Waals surface area contributed by atoms with Crippen molar-refractivity contribution in [1.82, 2.24) is 29.4 Å². The average Bonchev–Trinajstić information content (AvgIpc) is 3.47. The number of fused-ring (bicyclic) bond motifs is 1. The van der Waals surface area contributed by atoms with Gasteiger partial charge in [0.05, 0.1) is 47.3 Å². The maximum atomic E-state index is 13.4. The van der Waals surface area contributed by atoms with Crippen LogP contribution in [0.3, 0.4) is 0 Å². The standard InChI is InChI=1S/C29H34ClF3N6O2/c1-16-34-14-24(38(16)3)28(40,25-15-35-17(2)39(25)4)18-9-10-23-21(12-18)26(30)22(27(37-23)41-5)13-36-20-8-6-7-19(11-20)29(31,32)33/h9-10,12,14-15,19-20,36,40H,6-8,11,13H2,1-5H3. The van der Waals surface area contributed by atoms with E-state index in [0.29, 0.717) is 57.2 Å². The Hall–Kier alpha value is -3.15. The normalized spacial score (nSPS) is 18.3. The maximum absolute atomic E-state index is 13.4. The van der Waals surface area contributed by atoms with E-state index in [2.05, 4.69) is 20.3 Å². The van der Waals surface area contributed by atoms with Gasteiger partial charge in [-0.2, -0.15) is 13.2 Å². The number of aromatic nitrogens is 5. The van der Waals surface area contributed by atoms with Crippen LogP contribution in [0.25, 0.3) is 10.9 Å². The summed E-state index contributed by atoms with van der Waals surface area (Å²) in [5.41, 5.74) is 1.10. The molecule has 1 aliphatic carbocycles. The van der Waals surface area contributed by atoms with Crippen molar-refractivity contribution >= 4 is 22.5 Å². The van der Waals surface area contributed by atoms with Crippen molar-refractivity contribution in [2.75, 3.05) is 7.11 Å². The van der Waals surface area contributed by atoms with Gasteiger partial charge in [-0.15, -0.1) is 0 Å². The summed E-state index contributed by atoms with van der Waals surface area (Å²) in [5, 5.41) is 16.7. The molecule has 3 aromatic heterocycles. The van der Waals surface area contributed by atoms with Crippen LogP contribution in [0, 0.1) is 19.8 Å². The highest BCUT2D eigenvalue weighted by Crippen LogP contribution is 2.41. The quantitative estimate of drug-likeness (QED) is 0.296. The number of benzene rings is 1. The van der Waals surface area contributed by atoms with E-state index in [1.165, 1.54) is 7.11 Å². The lowest BCUT2D eigenvalue weighted by Crippen LogP contribution is -2.38. The van der Waals surface area contributed by atoms with E-state index in [-0.39, 0.29) is 25.4 Å². The first-order chi connectivity index (χ1) is 19.4. The molecule has 5 rings (SSSR count). The summed E-state index contributed by atoms with van der Waals surface area (Å²) in [7, 11) is 5.16. The van der Waals surface area contributed by atoms with Crippen LogP contribution in [-0.4, -0.2) is 48.5 Å². The van der Waals surface area contributed by atoms with Crippen molar-refractivity contribution in [3.63, 3.8) is 0 Å². The number of alkyl halides is 3. The summed E-state index contributed by atoms with van der Waals surface area (Å²) in [6.07, 6.45) is 0.418. The predicted molar refractivity (Wildman–Crippen MR) is 150 cm³/mol. The highest BCUT2D eigenvalue weighted by Gasteiger charge is 2.42. The van der Waals surface area contributed by atoms with Crippen LogP contribution in [0.15, 0.2) is 30.6 Å². The second kappa shape index (κ2) is 10.9.